The minimum atomic E-state index is -0.137. The fourth-order valence-corrected chi connectivity index (χ4v) is 3.38. The number of halogens is 2. The number of piperidine rings is 1. The first-order valence-electron chi connectivity index (χ1n) is 8.93. The van der Waals surface area contributed by atoms with E-state index in [4.69, 9.17) is 27.9 Å². The molecule has 27 heavy (non-hydrogen) atoms. The van der Waals surface area contributed by atoms with Crippen molar-refractivity contribution in [2.24, 2.45) is 5.92 Å². The Morgan fingerprint density at radius 1 is 1.26 bits per heavy atom. The van der Waals surface area contributed by atoms with Crippen molar-refractivity contribution in [2.45, 2.75) is 32.8 Å². The maximum Gasteiger partial charge on any atom is 0.229 e. The number of rotatable bonds is 5. The Labute approximate surface area is 168 Å². The maximum atomic E-state index is 12.7. The number of carbonyl (C=O) groups excluding carboxylic acids is 1. The van der Waals surface area contributed by atoms with Crippen LogP contribution in [-0.2, 0) is 4.79 Å². The van der Waals surface area contributed by atoms with Gasteiger partial charge in [0.1, 0.15) is 5.75 Å². The summed E-state index contributed by atoms with van der Waals surface area (Å²) >= 11 is 12.0. The van der Waals surface area contributed by atoms with Crippen LogP contribution in [0.25, 0.3) is 0 Å². The third kappa shape index (κ3) is 5.23. The van der Waals surface area contributed by atoms with Crippen molar-refractivity contribution in [1.82, 2.24) is 10.2 Å². The molecule has 1 saturated heterocycles. The van der Waals surface area contributed by atoms with Crippen molar-refractivity contribution in [3.05, 3.63) is 40.5 Å². The second-order valence-corrected chi connectivity index (χ2v) is 7.59. The lowest BCUT2D eigenvalue weighted by atomic mass is 9.97. The summed E-state index contributed by atoms with van der Waals surface area (Å²) in [5, 5.41) is 11.8. The fraction of sp³-hybridized carbons (Fsp3) is 0.421. The molecule has 1 aliphatic heterocycles. The van der Waals surface area contributed by atoms with E-state index in [0.29, 0.717) is 28.2 Å². The summed E-state index contributed by atoms with van der Waals surface area (Å²) in [7, 11) is 0. The number of benzene rings is 1. The molecule has 1 aromatic carbocycles. The second kappa shape index (κ2) is 8.76. The standard InChI is InChI=1S/C19H22Cl2N4O2/c1-12(2)27-16-6-5-14(10-15(16)20)22-19(26)13-4-3-9-25(11-13)18-8-7-17(21)23-24-18/h5-8,10,12-13H,3-4,9,11H2,1-2H3,(H,22,26)/t13-/m0/s1. The van der Waals surface area contributed by atoms with Crippen molar-refractivity contribution in [2.75, 3.05) is 23.3 Å². The number of carbonyl (C=O) groups is 1. The summed E-state index contributed by atoms with van der Waals surface area (Å²) in [5.74, 6) is 1.17. The minimum Gasteiger partial charge on any atom is -0.489 e. The van der Waals surface area contributed by atoms with Gasteiger partial charge in [-0.3, -0.25) is 4.79 Å². The first-order valence-corrected chi connectivity index (χ1v) is 9.69. The summed E-state index contributed by atoms with van der Waals surface area (Å²) in [4.78, 5) is 14.8. The Morgan fingerprint density at radius 2 is 2.07 bits per heavy atom. The van der Waals surface area contributed by atoms with Crippen molar-refractivity contribution in [3.63, 3.8) is 0 Å². The molecule has 0 radical (unpaired) electrons. The summed E-state index contributed by atoms with van der Waals surface area (Å²) in [5.41, 5.74) is 0.657. The fourth-order valence-electron chi connectivity index (χ4n) is 3.05. The topological polar surface area (TPSA) is 67.3 Å². The molecule has 2 heterocycles. The highest BCUT2D eigenvalue weighted by atomic mass is 35.5. The number of nitrogens with one attached hydrogen (secondary N) is 1. The number of hydrogen-bond acceptors (Lipinski definition) is 5. The first kappa shape index (κ1) is 19.7. The highest BCUT2D eigenvalue weighted by molar-refractivity contribution is 6.32. The molecule has 8 heteroatoms. The second-order valence-electron chi connectivity index (χ2n) is 6.80. The molecular formula is C19H22Cl2N4O2. The van der Waals surface area contributed by atoms with E-state index in [2.05, 4.69) is 20.4 Å². The predicted molar refractivity (Wildman–Crippen MR) is 108 cm³/mol. The predicted octanol–water partition coefficient (Wildman–Crippen LogP) is 4.43. The number of amides is 1. The van der Waals surface area contributed by atoms with Gasteiger partial charge in [-0.15, -0.1) is 10.2 Å². The van der Waals surface area contributed by atoms with Crippen molar-refractivity contribution in [3.8, 4) is 5.75 Å². The minimum absolute atomic E-state index is 0.0322. The van der Waals surface area contributed by atoms with Crippen LogP contribution >= 0.6 is 23.2 Å². The molecule has 1 N–H and O–H groups in total. The van der Waals surface area contributed by atoms with Gasteiger partial charge in [0.2, 0.25) is 5.91 Å². The number of hydrogen-bond donors (Lipinski definition) is 1. The lowest BCUT2D eigenvalue weighted by molar-refractivity contribution is -0.120. The first-order chi connectivity index (χ1) is 12.9. The van der Waals surface area contributed by atoms with Gasteiger partial charge in [-0.1, -0.05) is 23.2 Å². The highest BCUT2D eigenvalue weighted by Gasteiger charge is 2.27. The smallest absolute Gasteiger partial charge is 0.229 e. The van der Waals surface area contributed by atoms with Crippen LogP contribution in [0.1, 0.15) is 26.7 Å². The summed E-state index contributed by atoms with van der Waals surface area (Å²) < 4.78 is 5.62. The number of nitrogens with zero attached hydrogens (tertiary/aromatic N) is 3. The van der Waals surface area contributed by atoms with E-state index in [0.717, 1.165) is 25.2 Å². The Kier molecular flexibility index (Phi) is 6.39. The third-order valence-electron chi connectivity index (χ3n) is 4.30. The van der Waals surface area contributed by atoms with Gasteiger partial charge in [0.05, 0.1) is 17.0 Å². The third-order valence-corrected chi connectivity index (χ3v) is 4.79. The average Bonchev–Trinajstić information content (AvgIpc) is 2.64. The average molecular weight is 409 g/mol. The van der Waals surface area contributed by atoms with Crippen molar-refractivity contribution >= 4 is 40.6 Å². The summed E-state index contributed by atoms with van der Waals surface area (Å²) in [6.07, 6.45) is 1.77. The quantitative estimate of drug-likeness (QED) is 0.792. The zero-order chi connectivity index (χ0) is 19.4. The van der Waals surface area contributed by atoms with Gasteiger partial charge in [-0.2, -0.15) is 0 Å². The van der Waals surface area contributed by atoms with Crippen LogP contribution in [0.2, 0.25) is 10.2 Å². The lowest BCUT2D eigenvalue weighted by Crippen LogP contribution is -2.41. The molecule has 1 aliphatic rings. The summed E-state index contributed by atoms with van der Waals surface area (Å²) in [6.45, 7) is 5.30. The van der Waals surface area contributed by atoms with Gasteiger partial charge in [0.25, 0.3) is 0 Å². The van der Waals surface area contributed by atoms with Gasteiger partial charge in [0, 0.05) is 18.8 Å². The molecule has 1 aromatic heterocycles. The van der Waals surface area contributed by atoms with Crippen LogP contribution in [0.4, 0.5) is 11.5 Å². The molecular weight excluding hydrogens is 387 g/mol. The Balaban J connectivity index is 1.63. The SMILES string of the molecule is CC(C)Oc1ccc(NC(=O)[C@H]2CCCN(c3ccc(Cl)nn3)C2)cc1Cl. The molecule has 0 unspecified atom stereocenters. The zero-order valence-corrected chi connectivity index (χ0v) is 16.8. The Morgan fingerprint density at radius 3 is 2.74 bits per heavy atom. The van der Waals surface area contributed by atoms with Gasteiger partial charge in [-0.25, -0.2) is 0 Å². The zero-order valence-electron chi connectivity index (χ0n) is 15.3. The molecule has 144 valence electrons. The van der Waals surface area contributed by atoms with E-state index in [1.54, 1.807) is 24.3 Å². The van der Waals surface area contributed by atoms with E-state index < -0.39 is 0 Å². The highest BCUT2D eigenvalue weighted by Crippen LogP contribution is 2.29. The van der Waals surface area contributed by atoms with E-state index in [9.17, 15) is 4.79 Å². The van der Waals surface area contributed by atoms with Crippen LogP contribution in [0.5, 0.6) is 5.75 Å². The Bertz CT molecular complexity index is 799. The molecule has 1 amide bonds. The molecule has 6 nitrogen and oxygen atoms in total. The van der Waals surface area contributed by atoms with Crippen LogP contribution in [-0.4, -0.2) is 35.3 Å². The van der Waals surface area contributed by atoms with Gasteiger partial charge < -0.3 is 15.0 Å². The van der Waals surface area contributed by atoms with E-state index in [1.165, 1.54) is 0 Å². The lowest BCUT2D eigenvalue weighted by Gasteiger charge is -2.32. The molecule has 0 saturated carbocycles. The molecule has 1 atom stereocenters. The van der Waals surface area contributed by atoms with Gasteiger partial charge in [0.15, 0.2) is 11.0 Å². The van der Waals surface area contributed by atoms with Crippen molar-refractivity contribution in [1.29, 1.82) is 0 Å². The number of aromatic nitrogens is 2. The number of ether oxygens (including phenoxy) is 1. The summed E-state index contributed by atoms with van der Waals surface area (Å²) in [6, 6.07) is 8.81. The molecule has 0 bridgehead atoms. The monoisotopic (exact) mass is 408 g/mol. The molecule has 0 aliphatic carbocycles. The molecule has 1 fully saturated rings. The van der Waals surface area contributed by atoms with Crippen LogP contribution in [0.15, 0.2) is 30.3 Å². The normalized spacial score (nSPS) is 17.1. The van der Waals surface area contributed by atoms with E-state index in [1.807, 2.05) is 19.9 Å². The largest absolute Gasteiger partial charge is 0.489 e. The van der Waals surface area contributed by atoms with E-state index >= 15 is 0 Å². The molecule has 3 rings (SSSR count). The van der Waals surface area contributed by atoms with Gasteiger partial charge in [-0.05, 0) is 57.0 Å². The molecule has 2 aromatic rings. The van der Waals surface area contributed by atoms with Crippen LogP contribution < -0.4 is 15.0 Å². The van der Waals surface area contributed by atoms with Crippen LogP contribution in [0.3, 0.4) is 0 Å². The van der Waals surface area contributed by atoms with Crippen LogP contribution in [0, 0.1) is 5.92 Å². The Hall–Kier alpha value is -2.05. The van der Waals surface area contributed by atoms with Crippen molar-refractivity contribution < 1.29 is 9.53 Å². The maximum absolute atomic E-state index is 12.7. The van der Waals surface area contributed by atoms with Gasteiger partial charge >= 0.3 is 0 Å². The number of anilines is 2. The molecule has 0 spiro atoms. The van der Waals surface area contributed by atoms with E-state index in [-0.39, 0.29) is 17.9 Å².